The Morgan fingerprint density at radius 1 is 0.810 bits per heavy atom. The highest BCUT2D eigenvalue weighted by Crippen LogP contribution is 2.50. The lowest BCUT2D eigenvalue weighted by molar-refractivity contribution is 1.42. The largest absolute Gasteiger partial charge is 0.129 e. The highest BCUT2D eigenvalue weighted by Gasteiger charge is 2.42. The summed E-state index contributed by atoms with van der Waals surface area (Å²) in [5.41, 5.74) is 9.30. The Labute approximate surface area is 136 Å². The Balaban J connectivity index is 1.83. The van der Waals surface area contributed by atoms with Gasteiger partial charge in [-0.2, -0.15) is 0 Å². The van der Waals surface area contributed by atoms with Gasteiger partial charge in [0.2, 0.25) is 0 Å². The predicted octanol–water partition coefficient (Wildman–Crippen LogP) is 5.55. The fourth-order valence-electron chi connectivity index (χ4n) is 4.29. The first-order valence-corrected chi connectivity index (χ1v) is 12.6. The normalized spacial score (nSPS) is 24.2. The van der Waals surface area contributed by atoms with Crippen molar-refractivity contribution in [2.75, 3.05) is 11.5 Å². The van der Waals surface area contributed by atoms with E-state index in [-0.39, 0.29) is 0 Å². The van der Waals surface area contributed by atoms with Crippen LogP contribution in [0.1, 0.15) is 13.8 Å². The molecule has 0 nitrogen and oxygen atoms in total. The maximum atomic E-state index is 2.55. The van der Waals surface area contributed by atoms with Crippen molar-refractivity contribution in [1.29, 1.82) is 0 Å². The van der Waals surface area contributed by atoms with Crippen molar-refractivity contribution in [1.82, 2.24) is 0 Å². The Morgan fingerprint density at radius 2 is 1.24 bits per heavy atom. The quantitative estimate of drug-likeness (QED) is 0.610. The number of fused-ring (bicyclic) bond motifs is 2. The summed E-state index contributed by atoms with van der Waals surface area (Å²) >= 11 is 3.92. The van der Waals surface area contributed by atoms with Crippen molar-refractivity contribution in [3.63, 3.8) is 0 Å². The molecule has 0 amide bonds. The van der Waals surface area contributed by atoms with Crippen molar-refractivity contribution in [2.24, 2.45) is 0 Å². The first-order chi connectivity index (χ1) is 10.00. The molecule has 21 heavy (non-hydrogen) atoms. The zero-order valence-corrected chi connectivity index (χ0v) is 15.7. The van der Waals surface area contributed by atoms with Gasteiger partial charge in [-0.25, -0.2) is 0 Å². The molecule has 0 unspecified atom stereocenters. The molecule has 2 aliphatic heterocycles. The van der Waals surface area contributed by atoms with Gasteiger partial charge < -0.3 is 0 Å². The van der Waals surface area contributed by atoms with E-state index in [4.69, 9.17) is 0 Å². The Morgan fingerprint density at radius 3 is 1.67 bits per heavy atom. The lowest BCUT2D eigenvalue weighted by Crippen LogP contribution is -2.34. The molecule has 0 saturated heterocycles. The van der Waals surface area contributed by atoms with E-state index in [0.717, 1.165) is 0 Å². The zero-order valence-electron chi connectivity index (χ0n) is 13.0. The molecule has 0 aromatic rings. The predicted molar refractivity (Wildman–Crippen MR) is 100 cm³/mol. The van der Waals surface area contributed by atoms with Gasteiger partial charge in [0, 0.05) is 11.5 Å². The smallest absolute Gasteiger partial charge is 0.114 e. The molecule has 3 heteroatoms. The second kappa shape index (κ2) is 4.67. The van der Waals surface area contributed by atoms with E-state index < -0.39 is 8.07 Å². The third-order valence-corrected chi connectivity index (χ3v) is 10.5. The summed E-state index contributed by atoms with van der Waals surface area (Å²) in [6.07, 6.45) is 4.87. The highest BCUT2D eigenvalue weighted by molar-refractivity contribution is 8.02. The Hall–Kier alpha value is -0.643. The highest BCUT2D eigenvalue weighted by atomic mass is 32.2. The summed E-state index contributed by atoms with van der Waals surface area (Å²) in [7, 11) is -1.64. The molecule has 4 aliphatic rings. The summed E-state index contributed by atoms with van der Waals surface area (Å²) < 4.78 is 0. The first kappa shape index (κ1) is 14.0. The Kier molecular flexibility index (Phi) is 3.11. The number of thioether (sulfide) groups is 2. The number of rotatable bonds is 2. The van der Waals surface area contributed by atoms with Crippen molar-refractivity contribution in [3.8, 4) is 0 Å². The molecule has 0 spiro atoms. The fourth-order valence-corrected chi connectivity index (χ4v) is 10.6. The third-order valence-electron chi connectivity index (χ3n) is 4.93. The summed E-state index contributed by atoms with van der Waals surface area (Å²) in [4.78, 5) is 0. The van der Waals surface area contributed by atoms with Crippen LogP contribution in [0.15, 0.2) is 66.8 Å². The monoisotopic (exact) mass is 328 g/mol. The molecule has 108 valence electrons. The number of hydrogen-bond donors (Lipinski definition) is 0. The summed E-state index contributed by atoms with van der Waals surface area (Å²) in [6, 6.07) is 0. The van der Waals surface area contributed by atoms with E-state index in [0.29, 0.717) is 0 Å². The summed E-state index contributed by atoms with van der Waals surface area (Å²) in [5, 5.41) is 8.18. The van der Waals surface area contributed by atoms with Gasteiger partial charge in [-0.15, -0.1) is 23.5 Å². The lowest BCUT2D eigenvalue weighted by atomic mass is 10.2. The molecule has 2 aliphatic carbocycles. The van der Waals surface area contributed by atoms with E-state index in [1.165, 1.54) is 22.7 Å². The molecule has 0 fully saturated rings. The van der Waals surface area contributed by atoms with Crippen LogP contribution in [-0.4, -0.2) is 19.6 Å². The van der Waals surface area contributed by atoms with Gasteiger partial charge in [-0.1, -0.05) is 36.4 Å². The van der Waals surface area contributed by atoms with Crippen LogP contribution in [0.5, 0.6) is 0 Å². The van der Waals surface area contributed by atoms with Crippen LogP contribution < -0.4 is 0 Å². The van der Waals surface area contributed by atoms with E-state index in [1.54, 1.807) is 32.7 Å². The molecule has 0 aromatic carbocycles. The maximum absolute atomic E-state index is 2.55. The molecule has 2 heterocycles. The topological polar surface area (TPSA) is 0 Å². The SMILES string of the molecule is CC1=C([Si](C)(C)C2=C(C)C=C3CSC=C32)C2=CSCC2=C1. The molecule has 0 saturated carbocycles. The first-order valence-electron chi connectivity index (χ1n) is 7.49. The van der Waals surface area contributed by atoms with Crippen molar-refractivity contribution >= 4 is 31.6 Å². The minimum Gasteiger partial charge on any atom is -0.129 e. The molecule has 4 rings (SSSR count). The lowest BCUT2D eigenvalue weighted by Gasteiger charge is -2.30. The minimum atomic E-state index is -1.64. The molecular weight excluding hydrogens is 308 g/mol. The second-order valence-corrected chi connectivity index (χ2v) is 12.7. The van der Waals surface area contributed by atoms with E-state index in [2.05, 4.69) is 49.9 Å². The maximum Gasteiger partial charge on any atom is 0.114 e. The average Bonchev–Trinajstić information content (AvgIpc) is 3.07. The van der Waals surface area contributed by atoms with Gasteiger partial charge in [0.25, 0.3) is 0 Å². The van der Waals surface area contributed by atoms with Gasteiger partial charge in [-0.05, 0) is 57.3 Å². The number of allylic oxidation sites excluding steroid dienone is 8. The molecule has 0 radical (unpaired) electrons. The molecule has 0 bridgehead atoms. The molecule has 0 atom stereocenters. The van der Waals surface area contributed by atoms with Crippen molar-refractivity contribution in [3.05, 3.63) is 66.8 Å². The standard InChI is InChI=1S/C18H20S2Si/c1-11-5-13-7-19-9-15(13)17(11)21(3,4)18-12(2)6-14-8-20-10-16(14)18/h5-6,9-10H,7-8H2,1-4H3. The second-order valence-electron chi connectivity index (χ2n) is 6.77. The van der Waals surface area contributed by atoms with E-state index in [1.807, 2.05) is 23.5 Å². The van der Waals surface area contributed by atoms with Crippen LogP contribution in [0.25, 0.3) is 0 Å². The van der Waals surface area contributed by atoms with E-state index >= 15 is 0 Å². The van der Waals surface area contributed by atoms with Gasteiger partial charge >= 0.3 is 0 Å². The van der Waals surface area contributed by atoms with Crippen LogP contribution in [0, 0.1) is 0 Å². The fraction of sp³-hybridized carbons (Fsp3) is 0.333. The van der Waals surface area contributed by atoms with Crippen molar-refractivity contribution < 1.29 is 0 Å². The summed E-state index contributed by atoms with van der Waals surface area (Å²) in [6.45, 7) is 9.73. The zero-order chi connectivity index (χ0) is 14.8. The van der Waals surface area contributed by atoms with Crippen LogP contribution >= 0.6 is 23.5 Å². The van der Waals surface area contributed by atoms with Crippen LogP contribution in [0.4, 0.5) is 0 Å². The van der Waals surface area contributed by atoms with Gasteiger partial charge in [0.05, 0.1) is 0 Å². The van der Waals surface area contributed by atoms with Crippen LogP contribution in [0.2, 0.25) is 13.1 Å². The Bertz CT molecular complexity index is 677. The van der Waals surface area contributed by atoms with Crippen molar-refractivity contribution in [2.45, 2.75) is 26.9 Å². The third kappa shape index (κ3) is 1.90. The van der Waals surface area contributed by atoms with E-state index in [9.17, 15) is 0 Å². The minimum absolute atomic E-state index is 1.17. The molecule has 0 N–H and O–H groups in total. The van der Waals surface area contributed by atoms with Gasteiger partial charge in [0.15, 0.2) is 0 Å². The number of hydrogen-bond acceptors (Lipinski definition) is 2. The average molecular weight is 329 g/mol. The van der Waals surface area contributed by atoms with Gasteiger partial charge in [-0.3, -0.25) is 0 Å². The van der Waals surface area contributed by atoms with Crippen LogP contribution in [-0.2, 0) is 0 Å². The summed E-state index contributed by atoms with van der Waals surface area (Å²) in [5.74, 6) is 2.33. The molecule has 0 aromatic heterocycles. The van der Waals surface area contributed by atoms with Gasteiger partial charge in [0.1, 0.15) is 8.07 Å². The van der Waals surface area contributed by atoms with Crippen LogP contribution in [0.3, 0.4) is 0 Å². The molecular formula is C18H20S2Si.